The number of rotatable bonds is 7. The van der Waals surface area contributed by atoms with Crippen LogP contribution in [0.25, 0.3) is 0 Å². The highest BCUT2D eigenvalue weighted by Gasteiger charge is 2.40. The summed E-state index contributed by atoms with van der Waals surface area (Å²) in [5.74, 6) is 0.834. The van der Waals surface area contributed by atoms with Crippen LogP contribution in [0.2, 0.25) is 0 Å². The fraction of sp³-hybridized carbons (Fsp3) is 0.682. The highest BCUT2D eigenvalue weighted by molar-refractivity contribution is 8.00. The van der Waals surface area contributed by atoms with Gasteiger partial charge in [-0.1, -0.05) is 65.2 Å². The summed E-state index contributed by atoms with van der Waals surface area (Å²) < 4.78 is 5.97. The zero-order chi connectivity index (χ0) is 18.4. The number of carbonyl (C=O) groups is 1. The Morgan fingerprint density at radius 3 is 2.24 bits per heavy atom. The fourth-order valence-corrected chi connectivity index (χ4v) is 5.58. The number of benzene rings is 1. The van der Waals surface area contributed by atoms with Crippen molar-refractivity contribution in [3.63, 3.8) is 0 Å². The first-order valence-corrected chi connectivity index (χ1v) is 10.5. The van der Waals surface area contributed by atoms with E-state index in [-0.39, 0.29) is 17.4 Å². The Hall–Kier alpha value is -0.800. The van der Waals surface area contributed by atoms with E-state index in [0.717, 1.165) is 0 Å². The van der Waals surface area contributed by atoms with E-state index in [4.69, 9.17) is 4.74 Å². The number of thioether (sulfide) groups is 1. The normalized spacial score (nSPS) is 20.0. The molecule has 2 rings (SSSR count). The van der Waals surface area contributed by atoms with Gasteiger partial charge in [-0.15, -0.1) is 11.8 Å². The molecule has 0 bridgehead atoms. The van der Waals surface area contributed by atoms with Gasteiger partial charge in [-0.25, -0.2) is 0 Å². The number of ether oxygens (including phenoxy) is 1. The minimum Gasteiger partial charge on any atom is -0.380 e. The summed E-state index contributed by atoms with van der Waals surface area (Å²) in [6, 6.07) is 10.6. The monoisotopic (exact) mass is 362 g/mol. The predicted octanol–water partition coefficient (Wildman–Crippen LogP) is 5.99. The van der Waals surface area contributed by atoms with Crippen LogP contribution >= 0.6 is 11.8 Å². The van der Waals surface area contributed by atoms with Gasteiger partial charge in [0.25, 0.3) is 0 Å². The van der Waals surface area contributed by atoms with E-state index >= 15 is 0 Å². The summed E-state index contributed by atoms with van der Waals surface area (Å²) in [5, 5.41) is 0.328. The van der Waals surface area contributed by atoms with Crippen molar-refractivity contribution in [3.05, 3.63) is 30.3 Å². The summed E-state index contributed by atoms with van der Waals surface area (Å²) in [6.45, 7) is 8.10. The van der Waals surface area contributed by atoms with Gasteiger partial charge >= 0.3 is 0 Å². The van der Waals surface area contributed by atoms with Gasteiger partial charge in [0.1, 0.15) is 5.78 Å². The van der Waals surface area contributed by atoms with Crippen molar-refractivity contribution in [2.75, 3.05) is 7.11 Å². The topological polar surface area (TPSA) is 26.3 Å². The molecule has 2 nitrogen and oxygen atoms in total. The van der Waals surface area contributed by atoms with Crippen LogP contribution in [-0.2, 0) is 9.53 Å². The number of Topliss-reactive ketones (excluding diaryl/α,β-unsaturated/α-hetero) is 1. The SMILES string of the molecule is COC(C(C)C(=O)C(C)(C)C)C(Sc1ccccc1)C1CCCCC1. The summed E-state index contributed by atoms with van der Waals surface area (Å²) >= 11 is 1.91. The molecule has 0 saturated heterocycles. The summed E-state index contributed by atoms with van der Waals surface area (Å²) in [6.07, 6.45) is 6.40. The van der Waals surface area contributed by atoms with Gasteiger partial charge in [-0.3, -0.25) is 4.79 Å². The van der Waals surface area contributed by atoms with Crippen LogP contribution in [0.3, 0.4) is 0 Å². The largest absolute Gasteiger partial charge is 0.380 e. The summed E-state index contributed by atoms with van der Waals surface area (Å²) in [4.78, 5) is 14.2. The number of methoxy groups -OCH3 is 1. The predicted molar refractivity (Wildman–Crippen MR) is 107 cm³/mol. The second-order valence-electron chi connectivity index (χ2n) is 8.40. The molecule has 0 amide bonds. The van der Waals surface area contributed by atoms with Gasteiger partial charge in [0.05, 0.1) is 6.10 Å². The van der Waals surface area contributed by atoms with Gasteiger partial charge in [0.2, 0.25) is 0 Å². The molecule has 1 aromatic carbocycles. The molecule has 0 spiro atoms. The maximum atomic E-state index is 12.9. The van der Waals surface area contributed by atoms with Gasteiger partial charge in [0.15, 0.2) is 0 Å². The van der Waals surface area contributed by atoms with Crippen LogP contribution < -0.4 is 0 Å². The lowest BCUT2D eigenvalue weighted by Gasteiger charge is -2.38. The summed E-state index contributed by atoms with van der Waals surface area (Å²) in [5.41, 5.74) is -0.329. The molecule has 1 aromatic rings. The van der Waals surface area contributed by atoms with E-state index in [1.807, 2.05) is 32.5 Å². The van der Waals surface area contributed by atoms with Crippen molar-refractivity contribution in [3.8, 4) is 0 Å². The molecule has 0 N–H and O–H groups in total. The van der Waals surface area contributed by atoms with E-state index < -0.39 is 0 Å². The fourth-order valence-electron chi connectivity index (χ4n) is 4.01. The Kier molecular flexibility index (Phi) is 7.57. The van der Waals surface area contributed by atoms with Crippen LogP contribution in [-0.4, -0.2) is 24.2 Å². The van der Waals surface area contributed by atoms with Crippen LogP contribution in [0.15, 0.2) is 35.2 Å². The zero-order valence-electron chi connectivity index (χ0n) is 16.5. The third-order valence-electron chi connectivity index (χ3n) is 5.37. The van der Waals surface area contributed by atoms with Crippen molar-refractivity contribution in [1.82, 2.24) is 0 Å². The van der Waals surface area contributed by atoms with Gasteiger partial charge in [-0.05, 0) is 30.9 Å². The molecule has 1 aliphatic carbocycles. The second kappa shape index (κ2) is 9.23. The molecule has 1 fully saturated rings. The number of hydrogen-bond donors (Lipinski definition) is 0. The van der Waals surface area contributed by atoms with Crippen molar-refractivity contribution < 1.29 is 9.53 Å². The van der Waals surface area contributed by atoms with Gasteiger partial charge in [0, 0.05) is 28.6 Å². The Balaban J connectivity index is 2.25. The third kappa shape index (κ3) is 5.59. The standard InChI is InChI=1S/C22H34O2S/c1-16(21(23)22(2,3)4)19(24-5)20(17-12-8-6-9-13-17)25-18-14-10-7-11-15-18/h7,10-11,14-17,19-20H,6,8-9,12-13H2,1-5H3. The van der Waals surface area contributed by atoms with E-state index in [9.17, 15) is 4.79 Å². The lowest BCUT2D eigenvalue weighted by atomic mass is 9.77. The van der Waals surface area contributed by atoms with Crippen LogP contribution in [0, 0.1) is 17.3 Å². The number of ketones is 1. The van der Waals surface area contributed by atoms with Crippen molar-refractivity contribution >= 4 is 17.5 Å². The highest BCUT2D eigenvalue weighted by atomic mass is 32.2. The number of carbonyl (C=O) groups excluding carboxylic acids is 1. The second-order valence-corrected chi connectivity index (χ2v) is 9.65. The Labute approximate surface area is 158 Å². The average molecular weight is 363 g/mol. The van der Waals surface area contributed by atoms with Crippen molar-refractivity contribution in [1.29, 1.82) is 0 Å². The summed E-state index contributed by atoms with van der Waals surface area (Å²) in [7, 11) is 1.78. The Morgan fingerprint density at radius 1 is 1.12 bits per heavy atom. The molecule has 140 valence electrons. The Morgan fingerprint density at radius 2 is 1.72 bits per heavy atom. The molecule has 0 aromatic heterocycles. The molecule has 3 heteroatoms. The first-order valence-electron chi connectivity index (χ1n) is 9.63. The quantitative estimate of drug-likeness (QED) is 0.557. The molecule has 3 atom stereocenters. The molecular formula is C22H34O2S. The van der Waals surface area contributed by atoms with Crippen LogP contribution in [0.1, 0.15) is 59.8 Å². The average Bonchev–Trinajstić information content (AvgIpc) is 2.61. The smallest absolute Gasteiger partial charge is 0.143 e. The van der Waals surface area contributed by atoms with Gasteiger partial charge in [-0.2, -0.15) is 0 Å². The molecule has 1 saturated carbocycles. The molecular weight excluding hydrogens is 328 g/mol. The molecule has 0 radical (unpaired) electrons. The first kappa shape index (κ1) is 20.5. The Bertz CT molecular complexity index is 529. The van der Waals surface area contributed by atoms with E-state index in [1.165, 1.54) is 37.0 Å². The highest BCUT2D eigenvalue weighted by Crippen LogP contribution is 2.41. The lowest BCUT2D eigenvalue weighted by Crippen LogP contribution is -2.44. The third-order valence-corrected chi connectivity index (χ3v) is 6.84. The zero-order valence-corrected chi connectivity index (χ0v) is 17.3. The van der Waals surface area contributed by atoms with Crippen molar-refractivity contribution in [2.45, 2.75) is 76.0 Å². The van der Waals surface area contributed by atoms with E-state index in [2.05, 4.69) is 37.3 Å². The minimum absolute atomic E-state index is 0.0416. The van der Waals surface area contributed by atoms with E-state index in [1.54, 1.807) is 7.11 Å². The minimum atomic E-state index is -0.329. The lowest BCUT2D eigenvalue weighted by molar-refractivity contribution is -0.134. The van der Waals surface area contributed by atoms with Crippen molar-refractivity contribution in [2.24, 2.45) is 17.3 Å². The molecule has 0 aliphatic heterocycles. The molecule has 1 aliphatic rings. The van der Waals surface area contributed by atoms with Gasteiger partial charge < -0.3 is 4.74 Å². The molecule has 0 heterocycles. The maximum absolute atomic E-state index is 12.9. The first-order chi connectivity index (χ1) is 11.8. The molecule has 3 unspecified atom stereocenters. The van der Waals surface area contributed by atoms with Crippen LogP contribution in [0.5, 0.6) is 0 Å². The molecule has 25 heavy (non-hydrogen) atoms. The number of hydrogen-bond acceptors (Lipinski definition) is 3. The van der Waals surface area contributed by atoms with Crippen LogP contribution in [0.4, 0.5) is 0 Å². The van der Waals surface area contributed by atoms with E-state index in [0.29, 0.717) is 17.0 Å². The maximum Gasteiger partial charge on any atom is 0.143 e.